The molecule has 1 heterocycles. The van der Waals surface area contributed by atoms with Gasteiger partial charge in [0.15, 0.2) is 0 Å². The van der Waals surface area contributed by atoms with Crippen LogP contribution in [0, 0.1) is 0 Å². The van der Waals surface area contributed by atoms with Crippen molar-refractivity contribution in [2.24, 2.45) is 0 Å². The lowest BCUT2D eigenvalue weighted by atomic mass is 9.97. The summed E-state index contributed by atoms with van der Waals surface area (Å²) in [6, 6.07) is 21.3. The van der Waals surface area contributed by atoms with Crippen LogP contribution in [0.3, 0.4) is 0 Å². The van der Waals surface area contributed by atoms with Gasteiger partial charge in [0.1, 0.15) is 0 Å². The van der Waals surface area contributed by atoms with Crippen molar-refractivity contribution in [1.82, 2.24) is 10.2 Å². The average Bonchev–Trinajstić information content (AvgIpc) is 3.02. The highest BCUT2D eigenvalue weighted by molar-refractivity contribution is 5.73. The van der Waals surface area contributed by atoms with Gasteiger partial charge in [-0.15, -0.1) is 0 Å². The molecule has 3 rings (SSSR count). The van der Waals surface area contributed by atoms with Gasteiger partial charge in [0.05, 0.1) is 6.04 Å². The monoisotopic (exact) mass is 308 g/mol. The number of nitrogens with zero attached hydrogens (tertiary/aromatic N) is 1. The number of amides is 1. The van der Waals surface area contributed by atoms with E-state index < -0.39 is 0 Å². The predicted molar refractivity (Wildman–Crippen MR) is 92.9 cm³/mol. The van der Waals surface area contributed by atoms with Gasteiger partial charge in [-0.1, -0.05) is 60.7 Å². The van der Waals surface area contributed by atoms with E-state index >= 15 is 0 Å². The summed E-state index contributed by atoms with van der Waals surface area (Å²) in [5.74, 6) is 0.0328. The Bertz CT molecular complexity index is 627. The highest BCUT2D eigenvalue weighted by Gasteiger charge is 2.33. The van der Waals surface area contributed by atoms with Crippen LogP contribution in [-0.2, 0) is 11.3 Å². The Morgan fingerprint density at radius 1 is 1.13 bits per heavy atom. The van der Waals surface area contributed by atoms with Gasteiger partial charge in [-0.25, -0.2) is 0 Å². The second-order valence-electron chi connectivity index (χ2n) is 6.25. The fourth-order valence-electron chi connectivity index (χ4n) is 3.52. The molecule has 120 valence electrons. The number of benzene rings is 2. The first-order chi connectivity index (χ1) is 11.2. The summed E-state index contributed by atoms with van der Waals surface area (Å²) in [6.45, 7) is 3.63. The number of rotatable bonds is 5. The Hall–Kier alpha value is -2.13. The van der Waals surface area contributed by atoms with Crippen molar-refractivity contribution < 1.29 is 4.79 Å². The van der Waals surface area contributed by atoms with Gasteiger partial charge in [0, 0.05) is 19.5 Å². The number of carbonyl (C=O) groups excluding carboxylic acids is 1. The molecule has 3 heteroatoms. The van der Waals surface area contributed by atoms with Gasteiger partial charge in [0.2, 0.25) is 5.91 Å². The maximum absolute atomic E-state index is 11.7. The summed E-state index contributed by atoms with van der Waals surface area (Å²) in [6.07, 6.45) is 2.30. The van der Waals surface area contributed by atoms with Gasteiger partial charge in [0.25, 0.3) is 0 Å². The molecule has 1 saturated heterocycles. The van der Waals surface area contributed by atoms with E-state index in [4.69, 9.17) is 0 Å². The Kier molecular flexibility index (Phi) is 5.09. The molecule has 0 aliphatic carbocycles. The molecular formula is C20H24N2O. The molecule has 1 aliphatic rings. The van der Waals surface area contributed by atoms with Crippen LogP contribution in [0.25, 0.3) is 0 Å². The van der Waals surface area contributed by atoms with Gasteiger partial charge in [-0.2, -0.15) is 0 Å². The summed E-state index contributed by atoms with van der Waals surface area (Å²) in [7, 11) is 0. The Morgan fingerprint density at radius 3 is 2.43 bits per heavy atom. The zero-order valence-corrected chi connectivity index (χ0v) is 13.6. The summed E-state index contributed by atoms with van der Waals surface area (Å²) in [5, 5.41) is 3.17. The van der Waals surface area contributed by atoms with E-state index in [1.54, 1.807) is 6.92 Å². The zero-order chi connectivity index (χ0) is 16.1. The SMILES string of the molecule is CC(=O)N[C@H](c1ccccc1)[C@@H]1CCCN1Cc1ccccc1. The second-order valence-corrected chi connectivity index (χ2v) is 6.25. The van der Waals surface area contributed by atoms with Crippen LogP contribution in [0.15, 0.2) is 60.7 Å². The molecule has 1 amide bonds. The fraction of sp³-hybridized carbons (Fsp3) is 0.350. The van der Waals surface area contributed by atoms with Gasteiger partial charge < -0.3 is 5.32 Å². The zero-order valence-electron chi connectivity index (χ0n) is 13.6. The van der Waals surface area contributed by atoms with E-state index in [0.29, 0.717) is 6.04 Å². The molecule has 2 aromatic carbocycles. The summed E-state index contributed by atoms with van der Waals surface area (Å²) in [4.78, 5) is 14.2. The van der Waals surface area contributed by atoms with Crippen molar-refractivity contribution in [2.45, 2.75) is 38.4 Å². The highest BCUT2D eigenvalue weighted by atomic mass is 16.1. The second kappa shape index (κ2) is 7.42. The third kappa shape index (κ3) is 3.99. The molecule has 2 aromatic rings. The molecule has 0 bridgehead atoms. The minimum atomic E-state index is 0.0328. The minimum absolute atomic E-state index is 0.0328. The van der Waals surface area contributed by atoms with Crippen LogP contribution in [0.4, 0.5) is 0 Å². The lowest BCUT2D eigenvalue weighted by Gasteiger charge is -2.32. The maximum atomic E-state index is 11.7. The van der Waals surface area contributed by atoms with E-state index in [1.807, 2.05) is 18.2 Å². The smallest absolute Gasteiger partial charge is 0.217 e. The summed E-state index contributed by atoms with van der Waals surface area (Å²) < 4.78 is 0. The quantitative estimate of drug-likeness (QED) is 0.916. The number of hydrogen-bond acceptors (Lipinski definition) is 2. The molecule has 3 nitrogen and oxygen atoms in total. The van der Waals surface area contributed by atoms with Crippen LogP contribution >= 0.6 is 0 Å². The van der Waals surface area contributed by atoms with Crippen LogP contribution in [-0.4, -0.2) is 23.4 Å². The standard InChI is InChI=1S/C20H24N2O/c1-16(23)21-20(18-11-6-3-7-12-18)19-13-8-14-22(19)15-17-9-4-2-5-10-17/h2-7,9-12,19-20H,8,13-15H2,1H3,(H,21,23)/t19-,20+/m0/s1. The van der Waals surface area contributed by atoms with E-state index in [0.717, 1.165) is 19.5 Å². The first-order valence-corrected chi connectivity index (χ1v) is 8.34. The summed E-state index contributed by atoms with van der Waals surface area (Å²) >= 11 is 0. The molecule has 1 fully saturated rings. The molecule has 1 aliphatic heterocycles. The van der Waals surface area contributed by atoms with E-state index in [1.165, 1.54) is 17.5 Å². The molecule has 0 spiro atoms. The van der Waals surface area contributed by atoms with Gasteiger partial charge >= 0.3 is 0 Å². The number of hydrogen-bond donors (Lipinski definition) is 1. The van der Waals surface area contributed by atoms with Crippen molar-refractivity contribution in [3.8, 4) is 0 Å². The summed E-state index contributed by atoms with van der Waals surface area (Å²) in [5.41, 5.74) is 2.52. The van der Waals surface area contributed by atoms with Gasteiger partial charge in [-0.3, -0.25) is 9.69 Å². The Labute approximate surface area is 138 Å². The number of likely N-dealkylation sites (tertiary alicyclic amines) is 1. The molecular weight excluding hydrogens is 284 g/mol. The van der Waals surface area contributed by atoms with E-state index in [2.05, 4.69) is 52.7 Å². The van der Waals surface area contributed by atoms with Crippen LogP contribution in [0.1, 0.15) is 36.9 Å². The van der Waals surface area contributed by atoms with Crippen molar-refractivity contribution >= 4 is 5.91 Å². The largest absolute Gasteiger partial charge is 0.348 e. The molecule has 1 N–H and O–H groups in total. The van der Waals surface area contributed by atoms with E-state index in [-0.39, 0.29) is 11.9 Å². The van der Waals surface area contributed by atoms with Crippen molar-refractivity contribution in [2.75, 3.05) is 6.54 Å². The van der Waals surface area contributed by atoms with Crippen LogP contribution in [0.5, 0.6) is 0 Å². The van der Waals surface area contributed by atoms with Gasteiger partial charge in [-0.05, 0) is 30.5 Å². The van der Waals surface area contributed by atoms with Crippen molar-refractivity contribution in [3.05, 3.63) is 71.8 Å². The molecule has 0 aromatic heterocycles. The maximum Gasteiger partial charge on any atom is 0.217 e. The normalized spacial score (nSPS) is 19.4. The lowest BCUT2D eigenvalue weighted by molar-refractivity contribution is -0.120. The number of nitrogens with one attached hydrogen (secondary N) is 1. The van der Waals surface area contributed by atoms with Crippen molar-refractivity contribution in [1.29, 1.82) is 0 Å². The third-order valence-corrected chi connectivity index (χ3v) is 4.54. The Balaban J connectivity index is 1.81. The topological polar surface area (TPSA) is 32.3 Å². The van der Waals surface area contributed by atoms with Crippen molar-refractivity contribution in [3.63, 3.8) is 0 Å². The number of carbonyl (C=O) groups is 1. The third-order valence-electron chi connectivity index (χ3n) is 4.54. The molecule has 0 saturated carbocycles. The molecule has 0 unspecified atom stereocenters. The van der Waals surface area contributed by atoms with E-state index in [9.17, 15) is 4.79 Å². The molecule has 2 atom stereocenters. The molecule has 23 heavy (non-hydrogen) atoms. The highest BCUT2D eigenvalue weighted by Crippen LogP contribution is 2.30. The van der Waals surface area contributed by atoms with Crippen LogP contribution < -0.4 is 5.32 Å². The lowest BCUT2D eigenvalue weighted by Crippen LogP contribution is -2.42. The predicted octanol–water partition coefficient (Wildman–Crippen LogP) is 3.53. The minimum Gasteiger partial charge on any atom is -0.348 e. The first-order valence-electron chi connectivity index (χ1n) is 8.34. The van der Waals surface area contributed by atoms with Crippen LogP contribution in [0.2, 0.25) is 0 Å². The Morgan fingerprint density at radius 2 is 1.78 bits per heavy atom. The average molecular weight is 308 g/mol. The fourth-order valence-corrected chi connectivity index (χ4v) is 3.52. The molecule has 0 radical (unpaired) electrons. The first kappa shape index (κ1) is 15.8.